The lowest BCUT2D eigenvalue weighted by atomic mass is 9.88. The summed E-state index contributed by atoms with van der Waals surface area (Å²) in [7, 11) is 0. The fourth-order valence-electron chi connectivity index (χ4n) is 2.88. The molecule has 1 atom stereocenters. The SMILES string of the molecule is C[C@@H](Nc1c(C(N)=O)cnn2cc(N3CCCC3=O)cc12)C(C)(C)C. The molecule has 1 fully saturated rings. The van der Waals surface area contributed by atoms with E-state index in [1.165, 1.54) is 6.20 Å². The van der Waals surface area contributed by atoms with Gasteiger partial charge in [-0.25, -0.2) is 4.52 Å². The molecule has 2 amide bonds. The number of nitrogens with two attached hydrogens (primary N) is 1. The number of hydrogen-bond acceptors (Lipinski definition) is 4. The Hall–Kier alpha value is -2.57. The molecule has 3 N–H and O–H groups in total. The van der Waals surface area contributed by atoms with Gasteiger partial charge in [-0.05, 0) is 24.8 Å². The minimum Gasteiger partial charge on any atom is -0.380 e. The van der Waals surface area contributed by atoms with Crippen LogP contribution in [0.3, 0.4) is 0 Å². The zero-order valence-corrected chi connectivity index (χ0v) is 15.2. The van der Waals surface area contributed by atoms with E-state index < -0.39 is 5.91 Å². The van der Waals surface area contributed by atoms with Crippen LogP contribution in [-0.2, 0) is 4.79 Å². The van der Waals surface area contributed by atoms with E-state index in [4.69, 9.17) is 5.73 Å². The lowest BCUT2D eigenvalue weighted by molar-refractivity contribution is -0.117. The monoisotopic (exact) mass is 343 g/mol. The van der Waals surface area contributed by atoms with Crippen LogP contribution in [0.1, 0.15) is 50.9 Å². The number of carbonyl (C=O) groups is 2. The lowest BCUT2D eigenvalue weighted by Gasteiger charge is -2.29. The van der Waals surface area contributed by atoms with E-state index in [1.807, 2.05) is 12.3 Å². The minimum absolute atomic E-state index is 0.00445. The molecule has 3 heterocycles. The lowest BCUT2D eigenvalue weighted by Crippen LogP contribution is -2.32. The van der Waals surface area contributed by atoms with Crippen molar-refractivity contribution in [2.45, 2.75) is 46.6 Å². The third-order valence-corrected chi connectivity index (χ3v) is 4.93. The Morgan fingerprint density at radius 2 is 2.12 bits per heavy atom. The Labute approximate surface area is 147 Å². The number of amides is 2. The van der Waals surface area contributed by atoms with Crippen molar-refractivity contribution in [3.8, 4) is 0 Å². The molecule has 0 unspecified atom stereocenters. The van der Waals surface area contributed by atoms with Crippen molar-refractivity contribution in [2.75, 3.05) is 16.8 Å². The standard InChI is InChI=1S/C18H25N5O2/c1-11(18(2,3)4)21-16-13(17(19)25)9-20-23-10-12(8-14(16)23)22-7-5-6-15(22)24/h8-11,21H,5-7H2,1-4H3,(H2,19,25)/t11-/m1/s1. The Morgan fingerprint density at radius 3 is 2.68 bits per heavy atom. The predicted octanol–water partition coefficient (Wildman–Crippen LogP) is 2.41. The van der Waals surface area contributed by atoms with Crippen LogP contribution in [0.25, 0.3) is 5.52 Å². The van der Waals surface area contributed by atoms with Gasteiger partial charge in [-0.2, -0.15) is 5.10 Å². The highest BCUT2D eigenvalue weighted by Crippen LogP contribution is 2.31. The fraction of sp³-hybridized carbons (Fsp3) is 0.500. The molecular formula is C18H25N5O2. The number of nitrogens with zero attached hydrogens (tertiary/aromatic N) is 3. The zero-order valence-electron chi connectivity index (χ0n) is 15.2. The molecule has 0 aromatic carbocycles. The fourth-order valence-corrected chi connectivity index (χ4v) is 2.88. The normalized spacial score (nSPS) is 16.5. The van der Waals surface area contributed by atoms with E-state index >= 15 is 0 Å². The van der Waals surface area contributed by atoms with Gasteiger partial charge in [0.25, 0.3) is 5.91 Å². The van der Waals surface area contributed by atoms with E-state index in [1.54, 1.807) is 9.42 Å². The van der Waals surface area contributed by atoms with Gasteiger partial charge >= 0.3 is 0 Å². The van der Waals surface area contributed by atoms with Crippen LogP contribution < -0.4 is 16.0 Å². The summed E-state index contributed by atoms with van der Waals surface area (Å²) in [6.45, 7) is 9.15. The molecule has 134 valence electrons. The van der Waals surface area contributed by atoms with Crippen LogP contribution in [0.4, 0.5) is 11.4 Å². The molecule has 0 spiro atoms. The van der Waals surface area contributed by atoms with Crippen molar-refractivity contribution in [2.24, 2.45) is 11.1 Å². The highest BCUT2D eigenvalue weighted by atomic mass is 16.2. The average molecular weight is 343 g/mol. The molecule has 0 aliphatic carbocycles. The maximum atomic E-state index is 12.0. The van der Waals surface area contributed by atoms with E-state index in [9.17, 15) is 9.59 Å². The first-order valence-corrected chi connectivity index (χ1v) is 8.56. The van der Waals surface area contributed by atoms with Crippen molar-refractivity contribution >= 4 is 28.7 Å². The molecule has 3 rings (SSSR count). The molecule has 25 heavy (non-hydrogen) atoms. The molecule has 7 heteroatoms. The number of rotatable bonds is 4. The molecule has 0 bridgehead atoms. The van der Waals surface area contributed by atoms with E-state index in [0.29, 0.717) is 24.2 Å². The van der Waals surface area contributed by atoms with Gasteiger partial charge in [-0.3, -0.25) is 9.59 Å². The third-order valence-electron chi connectivity index (χ3n) is 4.93. The number of aromatic nitrogens is 2. The summed E-state index contributed by atoms with van der Waals surface area (Å²) in [5.41, 5.74) is 8.08. The number of carbonyl (C=O) groups excluding carboxylic acids is 2. The van der Waals surface area contributed by atoms with Crippen molar-refractivity contribution in [1.82, 2.24) is 9.61 Å². The second kappa shape index (κ2) is 6.06. The van der Waals surface area contributed by atoms with Gasteiger partial charge in [0, 0.05) is 19.0 Å². The van der Waals surface area contributed by atoms with Gasteiger partial charge in [0.1, 0.15) is 0 Å². The van der Waals surface area contributed by atoms with E-state index in [-0.39, 0.29) is 17.4 Å². The van der Waals surface area contributed by atoms with Crippen molar-refractivity contribution in [3.63, 3.8) is 0 Å². The molecule has 1 aliphatic heterocycles. The van der Waals surface area contributed by atoms with Gasteiger partial charge in [-0.1, -0.05) is 20.8 Å². The van der Waals surface area contributed by atoms with E-state index in [0.717, 1.165) is 17.6 Å². The average Bonchev–Trinajstić information content (AvgIpc) is 3.11. The summed E-state index contributed by atoms with van der Waals surface area (Å²) < 4.78 is 1.69. The first kappa shape index (κ1) is 17.3. The first-order chi connectivity index (χ1) is 11.7. The number of nitrogens with one attached hydrogen (secondary N) is 1. The largest absolute Gasteiger partial charge is 0.380 e. The van der Waals surface area contributed by atoms with Crippen LogP contribution in [0.2, 0.25) is 0 Å². The maximum absolute atomic E-state index is 12.0. The van der Waals surface area contributed by atoms with Gasteiger partial charge in [-0.15, -0.1) is 0 Å². The third kappa shape index (κ3) is 3.18. The minimum atomic E-state index is -0.529. The first-order valence-electron chi connectivity index (χ1n) is 8.56. The second-order valence-corrected chi connectivity index (χ2v) is 7.71. The van der Waals surface area contributed by atoms with Gasteiger partial charge in [0.15, 0.2) is 0 Å². The highest BCUT2D eigenvalue weighted by molar-refractivity contribution is 6.03. The molecule has 2 aromatic rings. The van der Waals surface area contributed by atoms with Crippen molar-refractivity contribution in [1.29, 1.82) is 0 Å². The van der Waals surface area contributed by atoms with Crippen LogP contribution in [0.15, 0.2) is 18.5 Å². The predicted molar refractivity (Wildman–Crippen MR) is 97.8 cm³/mol. The second-order valence-electron chi connectivity index (χ2n) is 7.71. The summed E-state index contributed by atoms with van der Waals surface area (Å²) in [5, 5.41) is 7.71. The highest BCUT2D eigenvalue weighted by Gasteiger charge is 2.26. The Balaban J connectivity index is 2.10. The molecule has 1 saturated heterocycles. The Kier molecular flexibility index (Phi) is 4.18. The Bertz CT molecular complexity index is 834. The molecule has 0 radical (unpaired) electrons. The molecule has 1 aliphatic rings. The maximum Gasteiger partial charge on any atom is 0.252 e. The summed E-state index contributed by atoms with van der Waals surface area (Å²) in [6.07, 6.45) is 4.72. The topological polar surface area (TPSA) is 92.7 Å². The van der Waals surface area contributed by atoms with Crippen LogP contribution in [0, 0.1) is 5.41 Å². The summed E-state index contributed by atoms with van der Waals surface area (Å²) in [5.74, 6) is -0.415. The van der Waals surface area contributed by atoms with Crippen molar-refractivity contribution < 1.29 is 9.59 Å². The molecule has 7 nitrogen and oxygen atoms in total. The number of hydrogen-bond donors (Lipinski definition) is 2. The van der Waals surface area contributed by atoms with Crippen LogP contribution in [-0.4, -0.2) is 34.0 Å². The van der Waals surface area contributed by atoms with Gasteiger partial charge < -0.3 is 16.0 Å². The Morgan fingerprint density at radius 1 is 1.40 bits per heavy atom. The number of primary amides is 1. The smallest absolute Gasteiger partial charge is 0.252 e. The number of fused-ring (bicyclic) bond motifs is 1. The van der Waals surface area contributed by atoms with Gasteiger partial charge in [0.2, 0.25) is 5.91 Å². The molecular weight excluding hydrogens is 318 g/mol. The summed E-state index contributed by atoms with van der Waals surface area (Å²) >= 11 is 0. The quantitative estimate of drug-likeness (QED) is 0.891. The summed E-state index contributed by atoms with van der Waals surface area (Å²) in [4.78, 5) is 25.7. The van der Waals surface area contributed by atoms with E-state index in [2.05, 4.69) is 38.1 Å². The van der Waals surface area contributed by atoms with Crippen LogP contribution in [0.5, 0.6) is 0 Å². The van der Waals surface area contributed by atoms with Gasteiger partial charge in [0.05, 0.1) is 34.8 Å². The van der Waals surface area contributed by atoms with Crippen LogP contribution >= 0.6 is 0 Å². The number of anilines is 2. The van der Waals surface area contributed by atoms with Crippen molar-refractivity contribution in [3.05, 3.63) is 24.0 Å². The zero-order chi connectivity index (χ0) is 18.4. The molecule has 0 saturated carbocycles. The molecule has 2 aromatic heterocycles. The summed E-state index contributed by atoms with van der Waals surface area (Å²) in [6, 6.07) is 1.99.